The molecule has 0 aliphatic rings. The topological polar surface area (TPSA) is 78.4 Å². The van der Waals surface area contributed by atoms with Gasteiger partial charge in [-0.3, -0.25) is 4.79 Å². The molecule has 0 saturated carbocycles. The molecule has 0 saturated heterocycles. The molecule has 1 atom stereocenters. The fraction of sp³-hybridized carbons (Fsp3) is 0.714. The highest BCUT2D eigenvalue weighted by atomic mass is 16.4. The Kier molecular flexibility index (Phi) is 4.83. The average molecular weight is 174 g/mol. The quantitative estimate of drug-likeness (QED) is 0.568. The van der Waals surface area contributed by atoms with Crippen LogP contribution in [0.4, 0.5) is 4.79 Å². The summed E-state index contributed by atoms with van der Waals surface area (Å²) in [5.41, 5.74) is 0. The van der Waals surface area contributed by atoms with Gasteiger partial charge in [-0.15, -0.1) is 0 Å². The van der Waals surface area contributed by atoms with Gasteiger partial charge in [-0.25, -0.2) is 4.79 Å². The van der Waals surface area contributed by atoms with E-state index in [2.05, 4.69) is 10.6 Å². The molecule has 0 aliphatic carbocycles. The molecule has 3 N–H and O–H groups in total. The van der Waals surface area contributed by atoms with Crippen LogP contribution in [0, 0.1) is 0 Å². The van der Waals surface area contributed by atoms with Crippen LogP contribution in [0.1, 0.15) is 19.8 Å². The molecule has 0 heterocycles. The molecule has 1 unspecified atom stereocenters. The molecule has 0 aromatic heterocycles. The highest BCUT2D eigenvalue weighted by Crippen LogP contribution is 1.95. The van der Waals surface area contributed by atoms with Gasteiger partial charge in [0.25, 0.3) is 0 Å². The lowest BCUT2D eigenvalue weighted by Gasteiger charge is -2.13. The smallest absolute Gasteiger partial charge is 0.405 e. The van der Waals surface area contributed by atoms with E-state index in [1.165, 1.54) is 7.05 Å². The Balaban J connectivity index is 4.02. The number of carbonyl (C=O) groups excluding carboxylic acids is 1. The average Bonchev–Trinajstić information content (AvgIpc) is 2.01. The third kappa shape index (κ3) is 3.80. The van der Waals surface area contributed by atoms with E-state index in [0.717, 1.165) is 6.42 Å². The molecule has 70 valence electrons. The van der Waals surface area contributed by atoms with Crippen molar-refractivity contribution in [3.8, 4) is 0 Å². The maximum absolute atomic E-state index is 11.0. The summed E-state index contributed by atoms with van der Waals surface area (Å²) in [6.45, 7) is 1.89. The number of carbonyl (C=O) groups is 2. The van der Waals surface area contributed by atoms with E-state index in [0.29, 0.717) is 6.42 Å². The van der Waals surface area contributed by atoms with E-state index < -0.39 is 12.1 Å². The lowest BCUT2D eigenvalue weighted by molar-refractivity contribution is -0.122. The second kappa shape index (κ2) is 5.40. The van der Waals surface area contributed by atoms with Crippen molar-refractivity contribution in [2.24, 2.45) is 0 Å². The standard InChI is InChI=1S/C7H14N2O3/c1-3-4-5(6(10)8-2)9-7(11)12/h5,9H,3-4H2,1-2H3,(H,8,10)(H,11,12). The van der Waals surface area contributed by atoms with Crippen molar-refractivity contribution in [2.45, 2.75) is 25.8 Å². The molecule has 2 amide bonds. The van der Waals surface area contributed by atoms with Gasteiger partial charge in [-0.2, -0.15) is 0 Å². The minimum atomic E-state index is -1.17. The summed E-state index contributed by atoms with van der Waals surface area (Å²) in [6, 6.07) is -0.627. The largest absolute Gasteiger partial charge is 0.465 e. The third-order valence-corrected chi connectivity index (χ3v) is 1.44. The number of amides is 2. The Labute approximate surface area is 71.1 Å². The van der Waals surface area contributed by atoms with E-state index in [-0.39, 0.29) is 5.91 Å². The van der Waals surface area contributed by atoms with Gasteiger partial charge >= 0.3 is 6.09 Å². The van der Waals surface area contributed by atoms with Crippen LogP contribution in [0.3, 0.4) is 0 Å². The first-order chi connectivity index (χ1) is 5.61. The number of hydrogen-bond donors (Lipinski definition) is 3. The predicted octanol–water partition coefficient (Wildman–Crippen LogP) is 0.169. The van der Waals surface area contributed by atoms with Crippen molar-refractivity contribution < 1.29 is 14.7 Å². The number of rotatable bonds is 4. The number of nitrogens with one attached hydrogen (secondary N) is 2. The predicted molar refractivity (Wildman–Crippen MR) is 43.9 cm³/mol. The van der Waals surface area contributed by atoms with Crippen LogP contribution < -0.4 is 10.6 Å². The monoisotopic (exact) mass is 174 g/mol. The van der Waals surface area contributed by atoms with Gasteiger partial charge in [0.1, 0.15) is 6.04 Å². The molecule has 5 heteroatoms. The Hall–Kier alpha value is -1.26. The molecule has 12 heavy (non-hydrogen) atoms. The van der Waals surface area contributed by atoms with Gasteiger partial charge in [-0.05, 0) is 6.42 Å². The van der Waals surface area contributed by atoms with Crippen LogP contribution in [0.25, 0.3) is 0 Å². The number of hydrogen-bond acceptors (Lipinski definition) is 2. The summed E-state index contributed by atoms with van der Waals surface area (Å²) in [7, 11) is 1.48. The molecule has 0 bridgehead atoms. The maximum atomic E-state index is 11.0. The van der Waals surface area contributed by atoms with Gasteiger partial charge in [0, 0.05) is 7.05 Å². The van der Waals surface area contributed by atoms with Crippen molar-refractivity contribution in [1.82, 2.24) is 10.6 Å². The van der Waals surface area contributed by atoms with E-state index in [9.17, 15) is 9.59 Å². The lowest BCUT2D eigenvalue weighted by Crippen LogP contribution is -2.45. The summed E-state index contributed by atoms with van der Waals surface area (Å²) in [4.78, 5) is 21.2. The van der Waals surface area contributed by atoms with Crippen LogP contribution in [0.15, 0.2) is 0 Å². The Morgan fingerprint density at radius 3 is 2.42 bits per heavy atom. The van der Waals surface area contributed by atoms with E-state index in [4.69, 9.17) is 5.11 Å². The molecular formula is C7H14N2O3. The summed E-state index contributed by atoms with van der Waals surface area (Å²) >= 11 is 0. The van der Waals surface area contributed by atoms with Gasteiger partial charge in [0.2, 0.25) is 5.91 Å². The third-order valence-electron chi connectivity index (χ3n) is 1.44. The molecule has 0 rings (SSSR count). The van der Waals surface area contributed by atoms with Crippen molar-refractivity contribution in [1.29, 1.82) is 0 Å². The molecule has 0 spiro atoms. The first kappa shape index (κ1) is 10.7. The fourth-order valence-electron chi connectivity index (χ4n) is 0.881. The zero-order valence-electron chi connectivity index (χ0n) is 7.26. The summed E-state index contributed by atoms with van der Waals surface area (Å²) < 4.78 is 0. The molecule has 0 aromatic rings. The second-order valence-corrected chi connectivity index (χ2v) is 2.41. The van der Waals surface area contributed by atoms with Gasteiger partial charge in [-0.1, -0.05) is 13.3 Å². The molecule has 5 nitrogen and oxygen atoms in total. The van der Waals surface area contributed by atoms with Crippen LogP contribution in [0.5, 0.6) is 0 Å². The fourth-order valence-corrected chi connectivity index (χ4v) is 0.881. The highest BCUT2D eigenvalue weighted by Gasteiger charge is 2.17. The first-order valence-electron chi connectivity index (χ1n) is 3.82. The van der Waals surface area contributed by atoms with Crippen LogP contribution in [-0.2, 0) is 4.79 Å². The summed E-state index contributed by atoms with van der Waals surface area (Å²) in [6.07, 6.45) is 0.113. The summed E-state index contributed by atoms with van der Waals surface area (Å²) in [5.74, 6) is -0.292. The zero-order chi connectivity index (χ0) is 9.56. The minimum Gasteiger partial charge on any atom is -0.465 e. The molecule has 0 aliphatic heterocycles. The minimum absolute atomic E-state index is 0.292. The van der Waals surface area contributed by atoms with Gasteiger partial charge in [0.05, 0.1) is 0 Å². The van der Waals surface area contributed by atoms with Crippen LogP contribution in [0.2, 0.25) is 0 Å². The SMILES string of the molecule is CCCC(NC(=O)O)C(=O)NC. The van der Waals surface area contributed by atoms with Gasteiger partial charge in [0.15, 0.2) is 0 Å². The number of likely N-dealkylation sites (N-methyl/N-ethyl adjacent to an activating group) is 1. The van der Waals surface area contributed by atoms with Crippen LogP contribution >= 0.6 is 0 Å². The van der Waals surface area contributed by atoms with Crippen molar-refractivity contribution in [3.05, 3.63) is 0 Å². The Bertz CT molecular complexity index is 170. The first-order valence-corrected chi connectivity index (χ1v) is 3.82. The molecule has 0 radical (unpaired) electrons. The van der Waals surface area contributed by atoms with E-state index >= 15 is 0 Å². The lowest BCUT2D eigenvalue weighted by atomic mass is 10.1. The Morgan fingerprint density at radius 1 is 1.50 bits per heavy atom. The van der Waals surface area contributed by atoms with E-state index in [1.54, 1.807) is 0 Å². The zero-order valence-corrected chi connectivity index (χ0v) is 7.26. The number of carboxylic acid groups (broad SMARTS) is 1. The van der Waals surface area contributed by atoms with Gasteiger partial charge < -0.3 is 15.7 Å². The maximum Gasteiger partial charge on any atom is 0.405 e. The normalized spacial score (nSPS) is 11.8. The highest BCUT2D eigenvalue weighted by molar-refractivity contribution is 5.84. The van der Waals surface area contributed by atoms with Crippen molar-refractivity contribution >= 4 is 12.0 Å². The molecular weight excluding hydrogens is 160 g/mol. The molecule has 0 aromatic carbocycles. The Morgan fingerprint density at radius 2 is 2.08 bits per heavy atom. The van der Waals surface area contributed by atoms with Crippen molar-refractivity contribution in [3.63, 3.8) is 0 Å². The summed E-state index contributed by atoms with van der Waals surface area (Å²) in [5, 5.41) is 12.9. The second-order valence-electron chi connectivity index (χ2n) is 2.41. The van der Waals surface area contributed by atoms with Crippen molar-refractivity contribution in [2.75, 3.05) is 7.05 Å². The van der Waals surface area contributed by atoms with E-state index in [1.807, 2.05) is 6.92 Å². The van der Waals surface area contributed by atoms with Crippen LogP contribution in [-0.4, -0.2) is 30.2 Å². The molecule has 0 fully saturated rings.